The lowest BCUT2D eigenvalue weighted by atomic mass is 10.0. The second-order valence-electron chi connectivity index (χ2n) is 8.00. The lowest BCUT2D eigenvalue weighted by Crippen LogP contribution is -2.35. The van der Waals surface area contributed by atoms with Crippen LogP contribution in [0.5, 0.6) is 0 Å². The molecule has 0 bridgehead atoms. The van der Waals surface area contributed by atoms with Gasteiger partial charge in [0.1, 0.15) is 6.07 Å². The summed E-state index contributed by atoms with van der Waals surface area (Å²) in [6.45, 7) is 9.35. The Balaban J connectivity index is 1.57. The van der Waals surface area contributed by atoms with E-state index < -0.39 is 0 Å². The summed E-state index contributed by atoms with van der Waals surface area (Å²) in [5, 5.41) is 17.6. The molecule has 6 heteroatoms. The molecule has 160 valence electrons. The van der Waals surface area contributed by atoms with Gasteiger partial charge < -0.3 is 5.73 Å². The summed E-state index contributed by atoms with van der Waals surface area (Å²) in [7, 11) is 0. The third kappa shape index (κ3) is 6.95. The molecule has 0 saturated carbocycles. The standard InChI is InChI=1S/C25H30N6/c1-19-4-3-5-21(14-20(2)7-6-19)10-12-31(13-11-26)18-23-15-25(30-29-23)24-9-8-22(16-27)17-28-24/h3-5,8-9,14,17H,1,6-7,10-13,15,18,26H2,2H3/b4-3+,20-14+,21-5-. The Kier molecular flexibility index (Phi) is 8.22. The maximum Gasteiger partial charge on any atom is 0.101 e. The van der Waals surface area contributed by atoms with Crippen LogP contribution in [0.2, 0.25) is 0 Å². The van der Waals surface area contributed by atoms with Gasteiger partial charge in [-0.3, -0.25) is 9.88 Å². The Morgan fingerprint density at radius 3 is 2.84 bits per heavy atom. The van der Waals surface area contributed by atoms with Gasteiger partial charge in [0.05, 0.1) is 22.7 Å². The van der Waals surface area contributed by atoms with Crippen LogP contribution in [0, 0.1) is 11.3 Å². The van der Waals surface area contributed by atoms with E-state index in [2.05, 4.69) is 64.0 Å². The zero-order chi connectivity index (χ0) is 22.1. The summed E-state index contributed by atoms with van der Waals surface area (Å²) in [5.74, 6) is 0. The molecule has 1 aliphatic carbocycles. The molecule has 2 heterocycles. The van der Waals surface area contributed by atoms with Crippen molar-refractivity contribution in [3.05, 3.63) is 77.2 Å². The van der Waals surface area contributed by atoms with Crippen molar-refractivity contribution >= 4 is 11.4 Å². The molecule has 2 N–H and O–H groups in total. The van der Waals surface area contributed by atoms with Crippen LogP contribution in [0.3, 0.4) is 0 Å². The Morgan fingerprint density at radius 1 is 1.23 bits per heavy atom. The molecule has 0 saturated heterocycles. The van der Waals surface area contributed by atoms with Crippen molar-refractivity contribution < 1.29 is 0 Å². The number of nitriles is 1. The lowest BCUT2D eigenvalue weighted by molar-refractivity contribution is 0.323. The molecule has 3 rings (SSSR count). The fraction of sp³-hybridized carbons (Fsp3) is 0.360. The Morgan fingerprint density at radius 2 is 2.10 bits per heavy atom. The van der Waals surface area contributed by atoms with Crippen LogP contribution in [-0.4, -0.2) is 47.5 Å². The van der Waals surface area contributed by atoms with Gasteiger partial charge in [-0.2, -0.15) is 15.5 Å². The van der Waals surface area contributed by atoms with Crippen LogP contribution in [-0.2, 0) is 0 Å². The molecule has 0 amide bonds. The molecule has 31 heavy (non-hydrogen) atoms. The molecule has 0 radical (unpaired) electrons. The first-order valence-corrected chi connectivity index (χ1v) is 10.7. The quantitative estimate of drug-likeness (QED) is 0.698. The maximum absolute atomic E-state index is 8.93. The summed E-state index contributed by atoms with van der Waals surface area (Å²) >= 11 is 0. The molecule has 1 aliphatic heterocycles. The molecule has 0 spiro atoms. The molecule has 6 nitrogen and oxygen atoms in total. The number of allylic oxidation sites excluding steroid dienone is 6. The van der Waals surface area contributed by atoms with Gasteiger partial charge in [-0.15, -0.1) is 0 Å². The highest BCUT2D eigenvalue weighted by molar-refractivity contribution is 6.14. The van der Waals surface area contributed by atoms with Gasteiger partial charge in [0.25, 0.3) is 0 Å². The second kappa shape index (κ2) is 11.3. The minimum Gasteiger partial charge on any atom is -0.329 e. The third-order valence-electron chi connectivity index (χ3n) is 5.35. The van der Waals surface area contributed by atoms with Crippen molar-refractivity contribution in [2.75, 3.05) is 26.2 Å². The molecule has 1 aromatic heterocycles. The van der Waals surface area contributed by atoms with E-state index in [1.165, 1.54) is 16.7 Å². The van der Waals surface area contributed by atoms with Gasteiger partial charge >= 0.3 is 0 Å². The minimum atomic E-state index is 0.542. The number of aromatic nitrogens is 1. The van der Waals surface area contributed by atoms with E-state index in [-0.39, 0.29) is 0 Å². The predicted molar refractivity (Wildman–Crippen MR) is 127 cm³/mol. The van der Waals surface area contributed by atoms with Crippen LogP contribution in [0.25, 0.3) is 0 Å². The zero-order valence-corrected chi connectivity index (χ0v) is 18.2. The third-order valence-corrected chi connectivity index (χ3v) is 5.35. The van der Waals surface area contributed by atoms with E-state index in [0.29, 0.717) is 18.5 Å². The molecule has 0 atom stereocenters. The normalized spacial score (nSPS) is 21.0. The Hall–Kier alpha value is -3.14. The van der Waals surface area contributed by atoms with Crippen molar-refractivity contribution in [3.63, 3.8) is 0 Å². The smallest absolute Gasteiger partial charge is 0.101 e. The highest BCUT2D eigenvalue weighted by Crippen LogP contribution is 2.18. The van der Waals surface area contributed by atoms with Crippen molar-refractivity contribution in [3.8, 4) is 6.07 Å². The lowest BCUT2D eigenvalue weighted by Gasteiger charge is -2.21. The first kappa shape index (κ1) is 22.5. The first-order valence-electron chi connectivity index (χ1n) is 10.7. The van der Waals surface area contributed by atoms with E-state index in [4.69, 9.17) is 11.0 Å². The number of hydrogen-bond donors (Lipinski definition) is 1. The Labute approximate surface area is 184 Å². The largest absolute Gasteiger partial charge is 0.329 e. The molecular formula is C25H30N6. The maximum atomic E-state index is 8.93. The van der Waals surface area contributed by atoms with Crippen molar-refractivity contribution in [2.24, 2.45) is 15.9 Å². The molecule has 1 aromatic rings. The monoisotopic (exact) mass is 414 g/mol. The second-order valence-corrected chi connectivity index (χ2v) is 8.00. The topological polar surface area (TPSA) is 90.7 Å². The van der Waals surface area contributed by atoms with Crippen LogP contribution in [0.1, 0.15) is 43.9 Å². The van der Waals surface area contributed by atoms with Gasteiger partial charge in [0.15, 0.2) is 0 Å². The zero-order valence-electron chi connectivity index (χ0n) is 18.2. The SMILES string of the molecule is C=C1/C=C/C=C(CCN(CCN)CC2=NN=C(c3ccc(C#N)cn3)C2)\C=C(/C)CC1. The first-order chi connectivity index (χ1) is 15.1. The molecule has 0 unspecified atom stereocenters. The summed E-state index contributed by atoms with van der Waals surface area (Å²) < 4.78 is 0. The summed E-state index contributed by atoms with van der Waals surface area (Å²) in [6.07, 6.45) is 13.9. The average Bonchev–Trinajstić information content (AvgIpc) is 3.26. The molecule has 2 aliphatic rings. The number of hydrogen-bond acceptors (Lipinski definition) is 6. The van der Waals surface area contributed by atoms with Crippen LogP contribution >= 0.6 is 0 Å². The predicted octanol–water partition coefficient (Wildman–Crippen LogP) is 3.93. The highest BCUT2D eigenvalue weighted by atomic mass is 15.3. The van der Waals surface area contributed by atoms with E-state index >= 15 is 0 Å². The Bertz CT molecular complexity index is 986. The van der Waals surface area contributed by atoms with Gasteiger partial charge in [-0.25, -0.2) is 0 Å². The highest BCUT2D eigenvalue weighted by Gasteiger charge is 2.18. The van der Waals surface area contributed by atoms with Gasteiger partial charge in [-0.05, 0) is 43.9 Å². The number of rotatable bonds is 8. The van der Waals surface area contributed by atoms with Gasteiger partial charge in [0, 0.05) is 38.8 Å². The minimum absolute atomic E-state index is 0.542. The van der Waals surface area contributed by atoms with Crippen LogP contribution < -0.4 is 5.73 Å². The van der Waals surface area contributed by atoms with Gasteiger partial charge in [-0.1, -0.05) is 42.0 Å². The van der Waals surface area contributed by atoms with E-state index in [0.717, 1.165) is 56.0 Å². The van der Waals surface area contributed by atoms with Crippen molar-refractivity contribution in [2.45, 2.75) is 32.6 Å². The fourth-order valence-electron chi connectivity index (χ4n) is 3.59. The van der Waals surface area contributed by atoms with Crippen molar-refractivity contribution in [1.82, 2.24) is 9.88 Å². The molecule has 0 fully saturated rings. The summed E-state index contributed by atoms with van der Waals surface area (Å²) in [6, 6.07) is 5.67. The number of nitrogens with two attached hydrogens (primary N) is 1. The van der Waals surface area contributed by atoms with Crippen LogP contribution in [0.4, 0.5) is 0 Å². The van der Waals surface area contributed by atoms with E-state index in [9.17, 15) is 0 Å². The molecule has 0 aromatic carbocycles. The van der Waals surface area contributed by atoms with Crippen molar-refractivity contribution in [1.29, 1.82) is 5.26 Å². The summed E-state index contributed by atoms with van der Waals surface area (Å²) in [4.78, 5) is 6.66. The van der Waals surface area contributed by atoms with Gasteiger partial charge in [0.2, 0.25) is 0 Å². The fourth-order valence-corrected chi connectivity index (χ4v) is 3.59. The number of pyridine rings is 1. The number of nitrogens with zero attached hydrogens (tertiary/aromatic N) is 5. The van der Waals surface area contributed by atoms with Crippen LogP contribution in [0.15, 0.2) is 76.1 Å². The molecular weight excluding hydrogens is 384 g/mol. The van der Waals surface area contributed by atoms with E-state index in [1.807, 2.05) is 6.07 Å². The average molecular weight is 415 g/mol. The summed E-state index contributed by atoms with van der Waals surface area (Å²) in [5.41, 5.74) is 12.9. The van der Waals surface area contributed by atoms with E-state index in [1.54, 1.807) is 12.3 Å².